The Morgan fingerprint density at radius 2 is 1.84 bits per heavy atom. The van der Waals surface area contributed by atoms with Gasteiger partial charge in [0.05, 0.1) is 41.9 Å². The van der Waals surface area contributed by atoms with Crippen LogP contribution in [0, 0.1) is 12.7 Å². The van der Waals surface area contributed by atoms with Gasteiger partial charge in [-0.2, -0.15) is 18.3 Å². The number of nitrogens with one attached hydrogen (secondary N) is 1. The first kappa shape index (κ1) is 21.8. The maximum Gasteiger partial charge on any atom is 0.418 e. The van der Waals surface area contributed by atoms with Crippen molar-refractivity contribution in [2.45, 2.75) is 13.1 Å². The van der Waals surface area contributed by atoms with E-state index in [4.69, 9.17) is 4.74 Å². The van der Waals surface area contributed by atoms with Crippen LogP contribution in [0.25, 0.3) is 5.69 Å². The SMILES string of the molecule is Cc1c(C(=O)Nc2ccc(N3CCOCC3)cc2C(F)(F)F)cnn1-c1ccccc1F. The van der Waals surface area contributed by atoms with E-state index >= 15 is 0 Å². The Kier molecular flexibility index (Phi) is 5.88. The molecule has 1 aliphatic rings. The number of halogens is 4. The molecular weight excluding hydrogens is 428 g/mol. The third-order valence-corrected chi connectivity index (χ3v) is 5.27. The molecule has 1 amide bonds. The highest BCUT2D eigenvalue weighted by atomic mass is 19.4. The number of carbonyl (C=O) groups excluding carboxylic acids is 1. The lowest BCUT2D eigenvalue weighted by atomic mass is 10.1. The minimum absolute atomic E-state index is 0.0404. The largest absolute Gasteiger partial charge is 0.418 e. The molecule has 1 aliphatic heterocycles. The zero-order chi connectivity index (χ0) is 22.9. The standard InChI is InChI=1S/C22H20F4N4O2/c1-14-16(13-27-30(14)20-5-3-2-4-18(20)23)21(31)28-19-7-6-15(12-17(19)22(24,25)26)29-8-10-32-11-9-29/h2-7,12-13H,8-11H2,1H3,(H,28,31). The van der Waals surface area contributed by atoms with E-state index in [-0.39, 0.29) is 16.9 Å². The van der Waals surface area contributed by atoms with Crippen LogP contribution >= 0.6 is 0 Å². The Morgan fingerprint density at radius 3 is 2.53 bits per heavy atom. The van der Waals surface area contributed by atoms with Crippen LogP contribution in [0.15, 0.2) is 48.7 Å². The van der Waals surface area contributed by atoms with Crippen LogP contribution in [0.3, 0.4) is 0 Å². The van der Waals surface area contributed by atoms with Crippen molar-refractivity contribution >= 4 is 17.3 Å². The van der Waals surface area contributed by atoms with Crippen LogP contribution in [0.4, 0.5) is 28.9 Å². The second kappa shape index (κ2) is 8.62. The molecule has 2 heterocycles. The third-order valence-electron chi connectivity index (χ3n) is 5.27. The lowest BCUT2D eigenvalue weighted by Crippen LogP contribution is -2.36. The number of anilines is 2. The van der Waals surface area contributed by atoms with Crippen LogP contribution in [-0.4, -0.2) is 42.0 Å². The highest BCUT2D eigenvalue weighted by Crippen LogP contribution is 2.38. The van der Waals surface area contributed by atoms with E-state index in [1.165, 1.54) is 41.2 Å². The number of nitrogens with zero attached hydrogens (tertiary/aromatic N) is 3. The summed E-state index contributed by atoms with van der Waals surface area (Å²) in [5, 5.41) is 6.37. The summed E-state index contributed by atoms with van der Waals surface area (Å²) in [6, 6.07) is 9.67. The second-order valence-electron chi connectivity index (χ2n) is 7.29. The summed E-state index contributed by atoms with van der Waals surface area (Å²) in [6.45, 7) is 3.38. The van der Waals surface area contributed by atoms with Crippen molar-refractivity contribution in [3.8, 4) is 5.69 Å². The molecule has 1 fully saturated rings. The first-order valence-electron chi connectivity index (χ1n) is 9.90. The molecule has 1 N–H and O–H groups in total. The van der Waals surface area contributed by atoms with Gasteiger partial charge in [-0.15, -0.1) is 0 Å². The molecule has 0 atom stereocenters. The molecule has 0 saturated carbocycles. The zero-order valence-electron chi connectivity index (χ0n) is 17.1. The number of hydrogen-bond acceptors (Lipinski definition) is 4. The molecular formula is C22H20F4N4O2. The number of ether oxygens (including phenoxy) is 1. The van der Waals surface area contributed by atoms with Gasteiger partial charge in [-0.25, -0.2) is 9.07 Å². The van der Waals surface area contributed by atoms with Crippen molar-refractivity contribution in [3.63, 3.8) is 0 Å². The Hall–Kier alpha value is -3.40. The number of para-hydroxylation sites is 1. The molecule has 3 aromatic rings. The predicted octanol–water partition coefficient (Wildman–Crippen LogP) is 4.43. The number of carbonyl (C=O) groups is 1. The van der Waals surface area contributed by atoms with E-state index in [9.17, 15) is 22.4 Å². The van der Waals surface area contributed by atoms with Crippen molar-refractivity contribution in [3.05, 3.63) is 71.3 Å². The smallest absolute Gasteiger partial charge is 0.378 e. The molecule has 0 spiro atoms. The molecule has 0 aliphatic carbocycles. The van der Waals surface area contributed by atoms with Crippen LogP contribution in [0.1, 0.15) is 21.6 Å². The molecule has 0 unspecified atom stereocenters. The molecule has 168 valence electrons. The van der Waals surface area contributed by atoms with Gasteiger partial charge in [-0.1, -0.05) is 12.1 Å². The Balaban J connectivity index is 1.63. The lowest BCUT2D eigenvalue weighted by molar-refractivity contribution is -0.136. The van der Waals surface area contributed by atoms with Crippen LogP contribution in [0.5, 0.6) is 0 Å². The molecule has 1 saturated heterocycles. The summed E-state index contributed by atoms with van der Waals surface area (Å²) in [6.07, 6.45) is -3.47. The number of hydrogen-bond donors (Lipinski definition) is 1. The Morgan fingerprint density at radius 1 is 1.12 bits per heavy atom. The lowest BCUT2D eigenvalue weighted by Gasteiger charge is -2.29. The van der Waals surface area contributed by atoms with E-state index in [1.807, 2.05) is 0 Å². The first-order chi connectivity index (χ1) is 15.3. The molecule has 4 rings (SSSR count). The molecule has 0 radical (unpaired) electrons. The van der Waals surface area contributed by atoms with Crippen molar-refractivity contribution in [2.75, 3.05) is 36.5 Å². The van der Waals surface area contributed by atoms with Gasteiger partial charge >= 0.3 is 6.18 Å². The summed E-state index contributed by atoms with van der Waals surface area (Å²) in [4.78, 5) is 14.6. The van der Waals surface area contributed by atoms with E-state index in [0.717, 1.165) is 6.07 Å². The van der Waals surface area contributed by atoms with Gasteiger partial charge in [0.1, 0.15) is 11.5 Å². The van der Waals surface area contributed by atoms with Crippen LogP contribution in [-0.2, 0) is 10.9 Å². The fourth-order valence-electron chi connectivity index (χ4n) is 3.58. The van der Waals surface area contributed by atoms with Crippen molar-refractivity contribution in [2.24, 2.45) is 0 Å². The molecule has 1 aromatic heterocycles. The van der Waals surface area contributed by atoms with Gasteiger partial charge in [-0.3, -0.25) is 4.79 Å². The fraction of sp³-hybridized carbons (Fsp3) is 0.273. The maximum absolute atomic E-state index is 14.1. The zero-order valence-corrected chi connectivity index (χ0v) is 17.1. The molecule has 10 heteroatoms. The van der Waals surface area contributed by atoms with Crippen molar-refractivity contribution in [1.82, 2.24) is 9.78 Å². The predicted molar refractivity (Wildman–Crippen MR) is 111 cm³/mol. The normalized spacial score (nSPS) is 14.5. The monoisotopic (exact) mass is 448 g/mol. The maximum atomic E-state index is 14.1. The highest BCUT2D eigenvalue weighted by molar-refractivity contribution is 6.05. The third kappa shape index (κ3) is 4.31. The first-order valence-corrected chi connectivity index (χ1v) is 9.90. The summed E-state index contributed by atoms with van der Waals surface area (Å²) < 4.78 is 61.8. The Labute approximate surface area is 181 Å². The van der Waals surface area contributed by atoms with Crippen LogP contribution < -0.4 is 10.2 Å². The quantitative estimate of drug-likeness (QED) is 0.600. The molecule has 6 nitrogen and oxygen atoms in total. The van der Waals surface area contributed by atoms with E-state index < -0.39 is 23.5 Å². The van der Waals surface area contributed by atoms with E-state index in [0.29, 0.717) is 37.7 Å². The Bertz CT molecular complexity index is 1140. The van der Waals surface area contributed by atoms with Crippen molar-refractivity contribution in [1.29, 1.82) is 0 Å². The van der Waals surface area contributed by atoms with E-state index in [1.54, 1.807) is 17.9 Å². The second-order valence-corrected chi connectivity index (χ2v) is 7.29. The van der Waals surface area contributed by atoms with Gasteiger partial charge in [0.25, 0.3) is 5.91 Å². The summed E-state index contributed by atoms with van der Waals surface area (Å²) in [5.74, 6) is -1.31. The highest BCUT2D eigenvalue weighted by Gasteiger charge is 2.35. The average Bonchev–Trinajstić information content (AvgIpc) is 3.15. The molecule has 2 aromatic carbocycles. The van der Waals surface area contributed by atoms with Gasteiger partial charge in [0, 0.05) is 18.8 Å². The van der Waals surface area contributed by atoms with Crippen molar-refractivity contribution < 1.29 is 27.1 Å². The fourth-order valence-corrected chi connectivity index (χ4v) is 3.58. The summed E-state index contributed by atoms with van der Waals surface area (Å²) in [5.41, 5.74) is -0.437. The van der Waals surface area contributed by atoms with Gasteiger partial charge in [-0.05, 0) is 37.3 Å². The van der Waals surface area contributed by atoms with Gasteiger partial charge < -0.3 is 15.0 Å². The number of aromatic nitrogens is 2. The number of morpholine rings is 1. The van der Waals surface area contributed by atoms with Crippen LogP contribution in [0.2, 0.25) is 0 Å². The minimum Gasteiger partial charge on any atom is -0.378 e. The summed E-state index contributed by atoms with van der Waals surface area (Å²) in [7, 11) is 0. The number of alkyl halides is 3. The number of amides is 1. The topological polar surface area (TPSA) is 59.4 Å². The van der Waals surface area contributed by atoms with E-state index in [2.05, 4.69) is 10.4 Å². The van der Waals surface area contributed by atoms with Gasteiger partial charge in [0.2, 0.25) is 0 Å². The van der Waals surface area contributed by atoms with Gasteiger partial charge in [0.15, 0.2) is 0 Å². The average molecular weight is 448 g/mol. The summed E-state index contributed by atoms with van der Waals surface area (Å²) >= 11 is 0. The number of benzene rings is 2. The molecule has 0 bridgehead atoms. The minimum atomic E-state index is -4.67. The molecule has 32 heavy (non-hydrogen) atoms. The number of rotatable bonds is 4.